The number of methoxy groups -OCH3 is 1. The van der Waals surface area contributed by atoms with Crippen molar-refractivity contribution < 1.29 is 19.1 Å². The van der Waals surface area contributed by atoms with Crippen molar-refractivity contribution in [2.45, 2.75) is 26.4 Å². The van der Waals surface area contributed by atoms with Gasteiger partial charge >= 0.3 is 5.97 Å². The molecule has 0 saturated carbocycles. The number of carbonyl (C=O) groups is 1. The first-order valence-corrected chi connectivity index (χ1v) is 4.39. The number of aromatic nitrogens is 1. The molecular formula is C9H13NO4. The van der Waals surface area contributed by atoms with Crippen LogP contribution in [0.5, 0.6) is 0 Å². The summed E-state index contributed by atoms with van der Waals surface area (Å²) in [5.41, 5.74) is 0.493. The number of carboxylic acids is 1. The van der Waals surface area contributed by atoms with Crippen molar-refractivity contribution >= 4 is 5.97 Å². The molecule has 0 radical (unpaired) electrons. The number of aryl methyl sites for hydroxylation is 1. The van der Waals surface area contributed by atoms with Gasteiger partial charge in [-0.3, -0.25) is 0 Å². The third kappa shape index (κ3) is 2.32. The Kier molecular flexibility index (Phi) is 3.64. The molecule has 1 aromatic rings. The van der Waals surface area contributed by atoms with Crippen LogP contribution in [0.2, 0.25) is 0 Å². The van der Waals surface area contributed by atoms with E-state index in [0.29, 0.717) is 18.0 Å². The Morgan fingerprint density at radius 3 is 2.86 bits per heavy atom. The van der Waals surface area contributed by atoms with Gasteiger partial charge in [0, 0.05) is 7.11 Å². The molecule has 14 heavy (non-hydrogen) atoms. The zero-order valence-electron chi connectivity index (χ0n) is 8.24. The monoisotopic (exact) mass is 199 g/mol. The van der Waals surface area contributed by atoms with Crippen LogP contribution < -0.4 is 0 Å². The summed E-state index contributed by atoms with van der Waals surface area (Å²) in [6, 6.07) is 0. The molecule has 1 N–H and O–H groups in total. The molecular weight excluding hydrogens is 186 g/mol. The molecule has 0 spiro atoms. The lowest BCUT2D eigenvalue weighted by molar-refractivity contribution is 0.0653. The van der Waals surface area contributed by atoms with E-state index in [1.807, 2.05) is 6.92 Å². The SMILES string of the molecule is CCCc1nc(COC)oc1C(=O)O. The van der Waals surface area contributed by atoms with Crippen LogP contribution in [0.1, 0.15) is 35.5 Å². The number of oxazole rings is 1. The largest absolute Gasteiger partial charge is 0.475 e. The molecule has 0 aliphatic carbocycles. The minimum absolute atomic E-state index is 0.0705. The van der Waals surface area contributed by atoms with Gasteiger partial charge in [-0.1, -0.05) is 13.3 Å². The average Bonchev–Trinajstić information content (AvgIpc) is 2.49. The molecule has 0 fully saturated rings. The second-order valence-corrected chi connectivity index (χ2v) is 2.87. The van der Waals surface area contributed by atoms with Crippen LogP contribution in [-0.4, -0.2) is 23.2 Å². The van der Waals surface area contributed by atoms with E-state index in [1.54, 1.807) is 0 Å². The third-order valence-corrected chi connectivity index (χ3v) is 1.69. The van der Waals surface area contributed by atoms with Crippen LogP contribution >= 0.6 is 0 Å². The van der Waals surface area contributed by atoms with E-state index in [4.69, 9.17) is 14.3 Å². The molecule has 5 heteroatoms. The van der Waals surface area contributed by atoms with Crippen molar-refractivity contribution in [1.29, 1.82) is 0 Å². The van der Waals surface area contributed by atoms with Gasteiger partial charge in [0.25, 0.3) is 0 Å². The van der Waals surface area contributed by atoms with E-state index in [2.05, 4.69) is 4.98 Å². The first-order chi connectivity index (χ1) is 6.69. The van der Waals surface area contributed by atoms with E-state index in [9.17, 15) is 4.79 Å². The van der Waals surface area contributed by atoms with Crippen LogP contribution in [0.4, 0.5) is 0 Å². The summed E-state index contributed by atoms with van der Waals surface area (Å²) < 4.78 is 9.84. The topological polar surface area (TPSA) is 72.6 Å². The van der Waals surface area contributed by atoms with Crippen molar-refractivity contribution in [3.8, 4) is 0 Å². The smallest absolute Gasteiger partial charge is 0.373 e. The van der Waals surface area contributed by atoms with Crippen LogP contribution in [0, 0.1) is 0 Å². The first-order valence-electron chi connectivity index (χ1n) is 4.39. The highest BCUT2D eigenvalue weighted by atomic mass is 16.5. The van der Waals surface area contributed by atoms with E-state index in [0.717, 1.165) is 6.42 Å². The lowest BCUT2D eigenvalue weighted by Gasteiger charge is -1.91. The fourth-order valence-electron chi connectivity index (χ4n) is 1.16. The molecule has 0 bridgehead atoms. The predicted octanol–water partition coefficient (Wildman–Crippen LogP) is 1.47. The fraction of sp³-hybridized carbons (Fsp3) is 0.556. The van der Waals surface area contributed by atoms with Gasteiger partial charge in [-0.25, -0.2) is 9.78 Å². The standard InChI is InChI=1S/C9H13NO4/c1-3-4-6-8(9(11)12)14-7(10-6)5-13-2/h3-5H2,1-2H3,(H,11,12). The number of hydrogen-bond acceptors (Lipinski definition) is 4. The van der Waals surface area contributed by atoms with E-state index in [1.165, 1.54) is 7.11 Å². The van der Waals surface area contributed by atoms with Gasteiger partial charge in [-0.2, -0.15) is 0 Å². The highest BCUT2D eigenvalue weighted by molar-refractivity contribution is 5.85. The van der Waals surface area contributed by atoms with Gasteiger partial charge < -0.3 is 14.3 Å². The Labute approximate surface area is 81.7 Å². The van der Waals surface area contributed by atoms with E-state index >= 15 is 0 Å². The van der Waals surface area contributed by atoms with Crippen molar-refractivity contribution in [2.24, 2.45) is 0 Å². The molecule has 0 atom stereocenters. The van der Waals surface area contributed by atoms with Gasteiger partial charge in [0.05, 0.1) is 5.69 Å². The predicted molar refractivity (Wildman–Crippen MR) is 48.2 cm³/mol. The maximum absolute atomic E-state index is 10.7. The second kappa shape index (κ2) is 4.76. The van der Waals surface area contributed by atoms with Crippen LogP contribution in [0.15, 0.2) is 4.42 Å². The van der Waals surface area contributed by atoms with Gasteiger partial charge in [-0.15, -0.1) is 0 Å². The average molecular weight is 199 g/mol. The summed E-state index contributed by atoms with van der Waals surface area (Å²) in [6.45, 7) is 2.15. The molecule has 0 unspecified atom stereocenters. The highest BCUT2D eigenvalue weighted by Crippen LogP contribution is 2.13. The number of nitrogens with zero attached hydrogens (tertiary/aromatic N) is 1. The Balaban J connectivity index is 2.93. The maximum Gasteiger partial charge on any atom is 0.373 e. The highest BCUT2D eigenvalue weighted by Gasteiger charge is 2.18. The summed E-state index contributed by atoms with van der Waals surface area (Å²) in [6.07, 6.45) is 1.44. The molecule has 5 nitrogen and oxygen atoms in total. The first kappa shape index (κ1) is 10.7. The van der Waals surface area contributed by atoms with Gasteiger partial charge in [-0.05, 0) is 6.42 Å². The third-order valence-electron chi connectivity index (χ3n) is 1.69. The minimum Gasteiger partial charge on any atom is -0.475 e. The number of rotatable bonds is 5. The van der Waals surface area contributed by atoms with E-state index < -0.39 is 5.97 Å². The number of carboxylic acid groups (broad SMARTS) is 1. The van der Waals surface area contributed by atoms with Crippen molar-refractivity contribution in [2.75, 3.05) is 7.11 Å². The molecule has 0 aliphatic rings. The summed E-state index contributed by atoms with van der Waals surface area (Å²) in [4.78, 5) is 14.8. The summed E-state index contributed by atoms with van der Waals surface area (Å²) in [7, 11) is 1.50. The second-order valence-electron chi connectivity index (χ2n) is 2.87. The number of ether oxygens (including phenoxy) is 1. The van der Waals surface area contributed by atoms with Gasteiger partial charge in [0.2, 0.25) is 11.7 Å². The molecule has 0 aliphatic heterocycles. The zero-order chi connectivity index (χ0) is 10.6. The maximum atomic E-state index is 10.7. The summed E-state index contributed by atoms with van der Waals surface area (Å²) >= 11 is 0. The molecule has 1 aromatic heterocycles. The normalized spacial score (nSPS) is 10.4. The Morgan fingerprint density at radius 1 is 1.64 bits per heavy atom. The zero-order valence-corrected chi connectivity index (χ0v) is 8.24. The Morgan fingerprint density at radius 2 is 2.36 bits per heavy atom. The van der Waals surface area contributed by atoms with Crippen LogP contribution in [0.3, 0.4) is 0 Å². The molecule has 78 valence electrons. The molecule has 0 saturated heterocycles. The van der Waals surface area contributed by atoms with Crippen molar-refractivity contribution in [1.82, 2.24) is 4.98 Å². The van der Waals surface area contributed by atoms with E-state index in [-0.39, 0.29) is 12.4 Å². The minimum atomic E-state index is -1.08. The van der Waals surface area contributed by atoms with Crippen molar-refractivity contribution in [3.05, 3.63) is 17.3 Å². The van der Waals surface area contributed by atoms with Gasteiger partial charge in [0.1, 0.15) is 6.61 Å². The number of aromatic carboxylic acids is 1. The Bertz CT molecular complexity index is 319. The lowest BCUT2D eigenvalue weighted by Crippen LogP contribution is -1.99. The lowest BCUT2D eigenvalue weighted by atomic mass is 10.2. The molecule has 1 heterocycles. The van der Waals surface area contributed by atoms with Gasteiger partial charge in [0.15, 0.2) is 0 Å². The van der Waals surface area contributed by atoms with Crippen LogP contribution in [0.25, 0.3) is 0 Å². The Hall–Kier alpha value is -1.36. The summed E-state index contributed by atoms with van der Waals surface area (Å²) in [5.74, 6) is -0.837. The molecule has 0 amide bonds. The molecule has 0 aromatic carbocycles. The quantitative estimate of drug-likeness (QED) is 0.777. The number of hydrogen-bond donors (Lipinski definition) is 1. The fourth-order valence-corrected chi connectivity index (χ4v) is 1.16. The molecule has 1 rings (SSSR count). The van der Waals surface area contributed by atoms with Crippen LogP contribution in [-0.2, 0) is 17.8 Å². The van der Waals surface area contributed by atoms with Crippen molar-refractivity contribution in [3.63, 3.8) is 0 Å². The summed E-state index contributed by atoms with van der Waals surface area (Å²) in [5, 5.41) is 8.80.